The van der Waals surface area contributed by atoms with Crippen LogP contribution in [-0.4, -0.2) is 23.5 Å². The van der Waals surface area contributed by atoms with Crippen LogP contribution in [0, 0.1) is 6.92 Å². The average molecular weight is 250 g/mol. The molecule has 0 bridgehead atoms. The fraction of sp³-hybridized carbons (Fsp3) is 0.462. The SMILES string of the molecule is Cc1ccc(C(N)C(=O)NC2CCSC2)cc1. The van der Waals surface area contributed by atoms with Gasteiger partial charge in [-0.25, -0.2) is 0 Å². The minimum absolute atomic E-state index is 0.0682. The number of nitrogens with one attached hydrogen (secondary N) is 1. The van der Waals surface area contributed by atoms with Gasteiger partial charge in [0, 0.05) is 11.8 Å². The Morgan fingerprint density at radius 2 is 2.18 bits per heavy atom. The number of aryl methyl sites for hydroxylation is 1. The van der Waals surface area contributed by atoms with E-state index in [1.165, 1.54) is 5.56 Å². The molecule has 3 nitrogen and oxygen atoms in total. The van der Waals surface area contributed by atoms with Gasteiger partial charge in [-0.05, 0) is 24.7 Å². The van der Waals surface area contributed by atoms with Crippen molar-refractivity contribution in [3.8, 4) is 0 Å². The number of benzene rings is 1. The van der Waals surface area contributed by atoms with E-state index in [1.807, 2.05) is 43.0 Å². The smallest absolute Gasteiger partial charge is 0.241 e. The first-order valence-electron chi connectivity index (χ1n) is 5.87. The maximum Gasteiger partial charge on any atom is 0.241 e. The van der Waals surface area contributed by atoms with Gasteiger partial charge in [-0.1, -0.05) is 29.8 Å². The number of thioether (sulfide) groups is 1. The lowest BCUT2D eigenvalue weighted by molar-refractivity contribution is -0.123. The Balaban J connectivity index is 1.96. The van der Waals surface area contributed by atoms with Crippen molar-refractivity contribution in [1.29, 1.82) is 0 Å². The highest BCUT2D eigenvalue weighted by atomic mass is 32.2. The molecule has 1 saturated heterocycles. The first-order chi connectivity index (χ1) is 8.16. The van der Waals surface area contributed by atoms with Gasteiger partial charge in [0.1, 0.15) is 6.04 Å². The van der Waals surface area contributed by atoms with Crippen LogP contribution in [0.5, 0.6) is 0 Å². The molecule has 92 valence electrons. The highest BCUT2D eigenvalue weighted by molar-refractivity contribution is 7.99. The Morgan fingerprint density at radius 3 is 2.76 bits per heavy atom. The summed E-state index contributed by atoms with van der Waals surface area (Å²) >= 11 is 1.88. The molecule has 1 heterocycles. The second-order valence-electron chi connectivity index (χ2n) is 4.46. The summed E-state index contributed by atoms with van der Waals surface area (Å²) in [5.41, 5.74) is 8.00. The van der Waals surface area contributed by atoms with Crippen molar-refractivity contribution in [3.05, 3.63) is 35.4 Å². The minimum atomic E-state index is -0.554. The van der Waals surface area contributed by atoms with Crippen LogP contribution in [0.25, 0.3) is 0 Å². The third-order valence-corrected chi connectivity index (χ3v) is 4.16. The predicted octanol–water partition coefficient (Wildman–Crippen LogP) is 1.62. The van der Waals surface area contributed by atoms with E-state index in [2.05, 4.69) is 5.32 Å². The first kappa shape index (κ1) is 12.5. The van der Waals surface area contributed by atoms with Gasteiger partial charge >= 0.3 is 0 Å². The summed E-state index contributed by atoms with van der Waals surface area (Å²) in [6, 6.07) is 7.54. The molecule has 1 fully saturated rings. The molecule has 1 amide bonds. The average Bonchev–Trinajstić information content (AvgIpc) is 2.82. The zero-order valence-electron chi connectivity index (χ0n) is 9.98. The molecule has 2 rings (SSSR count). The number of carbonyl (C=O) groups is 1. The predicted molar refractivity (Wildman–Crippen MR) is 72.0 cm³/mol. The van der Waals surface area contributed by atoms with Crippen LogP contribution in [0.15, 0.2) is 24.3 Å². The van der Waals surface area contributed by atoms with Crippen molar-refractivity contribution >= 4 is 17.7 Å². The van der Waals surface area contributed by atoms with Crippen LogP contribution in [0.4, 0.5) is 0 Å². The molecule has 3 N–H and O–H groups in total. The van der Waals surface area contributed by atoms with E-state index < -0.39 is 6.04 Å². The van der Waals surface area contributed by atoms with Crippen molar-refractivity contribution in [2.75, 3.05) is 11.5 Å². The molecule has 0 aliphatic carbocycles. The molecule has 0 saturated carbocycles. The Morgan fingerprint density at radius 1 is 1.47 bits per heavy atom. The molecule has 17 heavy (non-hydrogen) atoms. The lowest BCUT2D eigenvalue weighted by Crippen LogP contribution is -2.40. The lowest BCUT2D eigenvalue weighted by Gasteiger charge is -2.16. The van der Waals surface area contributed by atoms with Crippen molar-refractivity contribution in [2.24, 2.45) is 5.73 Å². The van der Waals surface area contributed by atoms with E-state index in [4.69, 9.17) is 5.73 Å². The number of nitrogens with two attached hydrogens (primary N) is 1. The second kappa shape index (κ2) is 5.56. The van der Waals surface area contributed by atoms with Gasteiger partial charge in [0.2, 0.25) is 5.91 Å². The molecule has 0 aromatic heterocycles. The molecule has 2 unspecified atom stereocenters. The van der Waals surface area contributed by atoms with Gasteiger partial charge < -0.3 is 11.1 Å². The third kappa shape index (κ3) is 3.23. The normalized spacial score (nSPS) is 21.2. The molecule has 0 radical (unpaired) electrons. The summed E-state index contributed by atoms with van der Waals surface area (Å²) in [4.78, 5) is 11.9. The number of rotatable bonds is 3. The highest BCUT2D eigenvalue weighted by Gasteiger charge is 2.22. The molecule has 0 spiro atoms. The molecular formula is C13H18N2OS. The maximum atomic E-state index is 11.9. The topological polar surface area (TPSA) is 55.1 Å². The molecule has 1 aliphatic heterocycles. The molecule has 1 aromatic rings. The van der Waals surface area contributed by atoms with Gasteiger partial charge in [0.05, 0.1) is 0 Å². The van der Waals surface area contributed by atoms with E-state index in [0.29, 0.717) is 6.04 Å². The van der Waals surface area contributed by atoms with Crippen LogP contribution in [0.3, 0.4) is 0 Å². The van der Waals surface area contributed by atoms with Crippen molar-refractivity contribution < 1.29 is 4.79 Å². The van der Waals surface area contributed by atoms with Crippen LogP contribution in [0.1, 0.15) is 23.6 Å². The standard InChI is InChI=1S/C13H18N2OS/c1-9-2-4-10(5-3-9)12(14)13(16)15-11-6-7-17-8-11/h2-5,11-12H,6-8,14H2,1H3,(H,15,16). The molecule has 1 aliphatic rings. The largest absolute Gasteiger partial charge is 0.351 e. The fourth-order valence-corrected chi connectivity index (χ4v) is 3.02. The van der Waals surface area contributed by atoms with Crippen molar-refractivity contribution in [2.45, 2.75) is 25.4 Å². The second-order valence-corrected chi connectivity index (χ2v) is 5.61. The minimum Gasteiger partial charge on any atom is -0.351 e. The lowest BCUT2D eigenvalue weighted by atomic mass is 10.0. The Labute approximate surface area is 106 Å². The zero-order chi connectivity index (χ0) is 12.3. The maximum absolute atomic E-state index is 11.9. The summed E-state index contributed by atoms with van der Waals surface area (Å²) in [7, 11) is 0. The zero-order valence-corrected chi connectivity index (χ0v) is 10.8. The van der Waals surface area contributed by atoms with Crippen LogP contribution in [0.2, 0.25) is 0 Å². The number of carbonyl (C=O) groups excluding carboxylic acids is 1. The van der Waals surface area contributed by atoms with Gasteiger partial charge in [-0.3, -0.25) is 4.79 Å². The molecule has 1 aromatic carbocycles. The van der Waals surface area contributed by atoms with E-state index >= 15 is 0 Å². The van der Waals surface area contributed by atoms with E-state index in [1.54, 1.807) is 0 Å². The molecular weight excluding hydrogens is 232 g/mol. The van der Waals surface area contributed by atoms with Gasteiger partial charge in [0.25, 0.3) is 0 Å². The van der Waals surface area contributed by atoms with Gasteiger partial charge in [-0.2, -0.15) is 11.8 Å². The quantitative estimate of drug-likeness (QED) is 0.857. The van der Waals surface area contributed by atoms with E-state index in [-0.39, 0.29) is 5.91 Å². The van der Waals surface area contributed by atoms with Gasteiger partial charge in [-0.15, -0.1) is 0 Å². The third-order valence-electron chi connectivity index (χ3n) is 3.00. The summed E-state index contributed by atoms with van der Waals surface area (Å²) in [6.07, 6.45) is 1.05. The van der Waals surface area contributed by atoms with Crippen LogP contribution >= 0.6 is 11.8 Å². The molecule has 4 heteroatoms. The summed E-state index contributed by atoms with van der Waals surface area (Å²) in [5.74, 6) is 2.07. The monoisotopic (exact) mass is 250 g/mol. The fourth-order valence-electron chi connectivity index (χ4n) is 1.86. The highest BCUT2D eigenvalue weighted by Crippen LogP contribution is 2.18. The summed E-state index contributed by atoms with van der Waals surface area (Å²) < 4.78 is 0. The summed E-state index contributed by atoms with van der Waals surface area (Å²) in [6.45, 7) is 2.02. The van der Waals surface area contributed by atoms with Crippen molar-refractivity contribution in [1.82, 2.24) is 5.32 Å². The Bertz CT molecular complexity index is 385. The van der Waals surface area contributed by atoms with Crippen LogP contribution in [-0.2, 0) is 4.79 Å². The number of amides is 1. The number of hydrogen-bond acceptors (Lipinski definition) is 3. The van der Waals surface area contributed by atoms with E-state index in [9.17, 15) is 4.79 Å². The first-order valence-corrected chi connectivity index (χ1v) is 7.02. The Kier molecular flexibility index (Phi) is 4.07. The summed E-state index contributed by atoms with van der Waals surface area (Å²) in [5, 5.41) is 3.01. The van der Waals surface area contributed by atoms with Crippen LogP contribution < -0.4 is 11.1 Å². The van der Waals surface area contributed by atoms with Gasteiger partial charge in [0.15, 0.2) is 0 Å². The Hall–Kier alpha value is -1.00. The molecule has 2 atom stereocenters. The number of hydrogen-bond donors (Lipinski definition) is 2. The van der Waals surface area contributed by atoms with Crippen molar-refractivity contribution in [3.63, 3.8) is 0 Å². The van der Waals surface area contributed by atoms with E-state index in [0.717, 1.165) is 23.5 Å².